The Labute approximate surface area is 107 Å². The lowest BCUT2D eigenvalue weighted by Gasteiger charge is -1.99. The molecule has 0 fully saturated rings. The van der Waals surface area contributed by atoms with Crippen LogP contribution in [0, 0.1) is 0 Å². The van der Waals surface area contributed by atoms with Crippen molar-refractivity contribution >= 4 is 21.7 Å². The van der Waals surface area contributed by atoms with E-state index in [1.165, 1.54) is 4.68 Å². The molecule has 0 spiro atoms. The molecule has 0 aromatic carbocycles. The van der Waals surface area contributed by atoms with Crippen molar-refractivity contribution in [2.24, 2.45) is 12.8 Å². The van der Waals surface area contributed by atoms with E-state index in [0.29, 0.717) is 29.0 Å². The lowest BCUT2D eigenvalue weighted by atomic mass is 10.2. The lowest BCUT2D eigenvalue weighted by molar-refractivity contribution is 0.102. The number of ketones is 1. The van der Waals surface area contributed by atoms with Crippen LogP contribution in [0.3, 0.4) is 0 Å². The quantitative estimate of drug-likeness (QED) is 0.837. The number of imidazole rings is 1. The van der Waals surface area contributed by atoms with E-state index in [2.05, 4.69) is 26.0 Å². The van der Waals surface area contributed by atoms with Gasteiger partial charge in [0.15, 0.2) is 0 Å². The maximum atomic E-state index is 12.2. The molecule has 2 N–H and O–H groups in total. The average molecular weight is 298 g/mol. The van der Waals surface area contributed by atoms with Crippen molar-refractivity contribution in [1.29, 1.82) is 0 Å². The Hall–Kier alpha value is -1.47. The van der Waals surface area contributed by atoms with Crippen molar-refractivity contribution in [2.45, 2.75) is 6.54 Å². The van der Waals surface area contributed by atoms with E-state index in [0.717, 1.165) is 0 Å². The van der Waals surface area contributed by atoms with Crippen LogP contribution in [0.25, 0.3) is 0 Å². The van der Waals surface area contributed by atoms with Crippen LogP contribution in [0.1, 0.15) is 16.2 Å². The van der Waals surface area contributed by atoms with Gasteiger partial charge in [-0.2, -0.15) is 5.10 Å². The summed E-state index contributed by atoms with van der Waals surface area (Å²) in [5, 5.41) is 4.00. The Morgan fingerprint density at radius 1 is 1.59 bits per heavy atom. The number of carbonyl (C=O) groups excluding carboxylic acids is 1. The number of aryl methyl sites for hydroxylation is 1. The Bertz CT molecular complexity index is 525. The van der Waals surface area contributed by atoms with Crippen LogP contribution in [0.2, 0.25) is 0 Å². The van der Waals surface area contributed by atoms with E-state index in [1.54, 1.807) is 30.3 Å². The van der Waals surface area contributed by atoms with Gasteiger partial charge >= 0.3 is 0 Å². The van der Waals surface area contributed by atoms with Gasteiger partial charge in [0, 0.05) is 26.3 Å². The number of aromatic nitrogens is 4. The van der Waals surface area contributed by atoms with E-state index >= 15 is 0 Å². The molecule has 2 heterocycles. The standard InChI is InChI=1S/C10H12BrN5O/c1-15-9(7(11)4-14-15)10(17)8-5-16(3-2-12)6-13-8/h4-6H,2-3,12H2,1H3. The molecule has 0 atom stereocenters. The first-order chi connectivity index (χ1) is 8.13. The number of halogens is 1. The van der Waals surface area contributed by atoms with Gasteiger partial charge < -0.3 is 10.3 Å². The van der Waals surface area contributed by atoms with E-state index in [1.807, 2.05) is 0 Å². The normalized spacial score (nSPS) is 10.8. The molecule has 2 aromatic heterocycles. The van der Waals surface area contributed by atoms with E-state index < -0.39 is 0 Å². The first-order valence-corrected chi connectivity index (χ1v) is 5.87. The zero-order chi connectivity index (χ0) is 12.4. The van der Waals surface area contributed by atoms with Crippen LogP contribution in [-0.2, 0) is 13.6 Å². The minimum absolute atomic E-state index is 0.160. The Morgan fingerprint density at radius 3 is 2.94 bits per heavy atom. The third kappa shape index (κ3) is 2.29. The summed E-state index contributed by atoms with van der Waals surface area (Å²) >= 11 is 3.29. The molecule has 7 heteroatoms. The molecular formula is C10H12BrN5O. The molecule has 0 saturated carbocycles. The van der Waals surface area contributed by atoms with Crippen LogP contribution in [0.5, 0.6) is 0 Å². The fraction of sp³-hybridized carbons (Fsp3) is 0.300. The summed E-state index contributed by atoms with van der Waals surface area (Å²) in [5.74, 6) is -0.160. The van der Waals surface area contributed by atoms with Gasteiger partial charge in [-0.1, -0.05) is 0 Å². The van der Waals surface area contributed by atoms with Crippen molar-refractivity contribution in [3.8, 4) is 0 Å². The average Bonchev–Trinajstić information content (AvgIpc) is 2.87. The fourth-order valence-corrected chi connectivity index (χ4v) is 2.06. The van der Waals surface area contributed by atoms with Crippen LogP contribution in [0.15, 0.2) is 23.2 Å². The van der Waals surface area contributed by atoms with Crippen molar-refractivity contribution in [3.63, 3.8) is 0 Å². The summed E-state index contributed by atoms with van der Waals surface area (Å²) in [6.45, 7) is 1.16. The third-order valence-corrected chi connectivity index (χ3v) is 2.94. The summed E-state index contributed by atoms with van der Waals surface area (Å²) in [6.07, 6.45) is 4.88. The molecule has 0 amide bonds. The summed E-state index contributed by atoms with van der Waals surface area (Å²) in [6, 6.07) is 0. The highest BCUT2D eigenvalue weighted by Gasteiger charge is 2.19. The van der Waals surface area contributed by atoms with Gasteiger partial charge in [0.05, 0.1) is 17.0 Å². The zero-order valence-corrected chi connectivity index (χ0v) is 10.9. The number of hydrogen-bond acceptors (Lipinski definition) is 4. The minimum Gasteiger partial charge on any atom is -0.335 e. The van der Waals surface area contributed by atoms with E-state index in [4.69, 9.17) is 5.73 Å². The van der Waals surface area contributed by atoms with Crippen LogP contribution < -0.4 is 5.73 Å². The Kier molecular flexibility index (Phi) is 3.39. The van der Waals surface area contributed by atoms with Gasteiger partial charge in [0.2, 0.25) is 5.78 Å². The molecular weight excluding hydrogens is 286 g/mol. The van der Waals surface area contributed by atoms with Crippen molar-refractivity contribution in [2.75, 3.05) is 6.54 Å². The highest BCUT2D eigenvalue weighted by atomic mass is 79.9. The summed E-state index contributed by atoms with van der Waals surface area (Å²) in [7, 11) is 1.72. The highest BCUT2D eigenvalue weighted by molar-refractivity contribution is 9.10. The second-order valence-electron chi connectivity index (χ2n) is 3.58. The van der Waals surface area contributed by atoms with Crippen molar-refractivity contribution in [3.05, 3.63) is 34.6 Å². The molecule has 0 unspecified atom stereocenters. The SMILES string of the molecule is Cn1ncc(Br)c1C(=O)c1cn(CCN)cn1. The van der Waals surface area contributed by atoms with Gasteiger partial charge in [-0.05, 0) is 15.9 Å². The first-order valence-electron chi connectivity index (χ1n) is 5.07. The predicted octanol–water partition coefficient (Wildman–Crippen LogP) is 0.569. The predicted molar refractivity (Wildman–Crippen MR) is 65.6 cm³/mol. The summed E-state index contributed by atoms with van der Waals surface area (Å²) in [4.78, 5) is 16.2. The second kappa shape index (κ2) is 4.80. The van der Waals surface area contributed by atoms with Crippen molar-refractivity contribution in [1.82, 2.24) is 19.3 Å². The number of nitrogens with two attached hydrogens (primary N) is 1. The number of nitrogens with zero attached hydrogens (tertiary/aromatic N) is 4. The van der Waals surface area contributed by atoms with Crippen LogP contribution in [-0.4, -0.2) is 31.7 Å². The molecule has 2 rings (SSSR count). The Morgan fingerprint density at radius 2 is 2.35 bits per heavy atom. The Balaban J connectivity index is 2.31. The van der Waals surface area contributed by atoms with E-state index in [9.17, 15) is 4.79 Å². The molecule has 0 saturated heterocycles. The molecule has 6 nitrogen and oxygen atoms in total. The van der Waals surface area contributed by atoms with Gasteiger partial charge in [0.25, 0.3) is 0 Å². The maximum Gasteiger partial charge on any atom is 0.232 e. The van der Waals surface area contributed by atoms with Gasteiger partial charge in [-0.25, -0.2) is 4.98 Å². The van der Waals surface area contributed by atoms with E-state index in [-0.39, 0.29) is 5.78 Å². The number of carbonyl (C=O) groups is 1. The molecule has 90 valence electrons. The highest BCUT2D eigenvalue weighted by Crippen LogP contribution is 2.18. The fourth-order valence-electron chi connectivity index (χ4n) is 1.54. The molecule has 0 bridgehead atoms. The minimum atomic E-state index is -0.160. The molecule has 0 radical (unpaired) electrons. The maximum absolute atomic E-state index is 12.2. The second-order valence-corrected chi connectivity index (χ2v) is 4.43. The zero-order valence-electron chi connectivity index (χ0n) is 9.30. The number of rotatable bonds is 4. The van der Waals surface area contributed by atoms with Crippen molar-refractivity contribution < 1.29 is 4.79 Å². The first kappa shape index (κ1) is 12.0. The van der Waals surface area contributed by atoms with Gasteiger partial charge in [-0.3, -0.25) is 9.48 Å². The monoisotopic (exact) mass is 297 g/mol. The third-order valence-electron chi connectivity index (χ3n) is 2.36. The van der Waals surface area contributed by atoms with Gasteiger partial charge in [-0.15, -0.1) is 0 Å². The lowest BCUT2D eigenvalue weighted by Crippen LogP contribution is -2.10. The summed E-state index contributed by atoms with van der Waals surface area (Å²) < 4.78 is 3.98. The van der Waals surface area contributed by atoms with Crippen LogP contribution >= 0.6 is 15.9 Å². The molecule has 0 aliphatic carbocycles. The smallest absolute Gasteiger partial charge is 0.232 e. The molecule has 2 aromatic rings. The summed E-state index contributed by atoms with van der Waals surface area (Å²) in [5.41, 5.74) is 6.31. The number of hydrogen-bond donors (Lipinski definition) is 1. The largest absolute Gasteiger partial charge is 0.335 e. The van der Waals surface area contributed by atoms with Gasteiger partial charge in [0.1, 0.15) is 11.4 Å². The molecule has 0 aliphatic rings. The van der Waals surface area contributed by atoms with Crippen LogP contribution in [0.4, 0.5) is 0 Å². The molecule has 17 heavy (non-hydrogen) atoms. The topological polar surface area (TPSA) is 78.7 Å². The molecule has 0 aliphatic heterocycles.